The van der Waals surface area contributed by atoms with Gasteiger partial charge in [0.25, 0.3) is 0 Å². The molecule has 2 nitrogen and oxygen atoms in total. The molecule has 2 aromatic heterocycles. The van der Waals surface area contributed by atoms with Crippen LogP contribution in [0.4, 0.5) is 0 Å². The first kappa shape index (κ1) is 13.1. The molecule has 1 N–H and O–H groups in total. The van der Waals surface area contributed by atoms with Crippen LogP contribution in [0.2, 0.25) is 5.02 Å². The van der Waals surface area contributed by atoms with E-state index in [1.807, 2.05) is 24.3 Å². The molecule has 2 heterocycles. The highest BCUT2D eigenvalue weighted by Crippen LogP contribution is 2.27. The molecule has 0 bridgehead atoms. The first-order valence-electron chi connectivity index (χ1n) is 7.10. The van der Waals surface area contributed by atoms with Crippen molar-refractivity contribution in [1.82, 2.24) is 9.97 Å². The Balaban J connectivity index is 1.81. The maximum Gasteiger partial charge on any atom is 0.138 e. The van der Waals surface area contributed by atoms with Gasteiger partial charge in [-0.3, -0.25) is 0 Å². The molecule has 0 amide bonds. The Hall–Kier alpha value is -2.58. The molecule has 3 heteroatoms. The lowest BCUT2D eigenvalue weighted by Gasteiger charge is -1.96. The van der Waals surface area contributed by atoms with Gasteiger partial charge >= 0.3 is 0 Å². The summed E-state index contributed by atoms with van der Waals surface area (Å²) >= 11 is 6.07. The standard InChI is InChI=1S/C19H13ClN2/c20-15-11-17-16-10-14(7-6-13-4-2-1-3-5-13)8-9-18(16)22-19(17)21-12-15/h1-12H,(H,21,22). The van der Waals surface area contributed by atoms with E-state index in [1.54, 1.807) is 6.20 Å². The van der Waals surface area contributed by atoms with Crippen LogP contribution in [0, 0.1) is 0 Å². The minimum atomic E-state index is 0.652. The van der Waals surface area contributed by atoms with Crippen molar-refractivity contribution in [2.75, 3.05) is 0 Å². The Bertz CT molecular complexity index is 984. The summed E-state index contributed by atoms with van der Waals surface area (Å²) in [6, 6.07) is 18.6. The summed E-state index contributed by atoms with van der Waals surface area (Å²) in [6.45, 7) is 0. The third-order valence-corrected chi connectivity index (χ3v) is 3.92. The Labute approximate surface area is 133 Å². The SMILES string of the molecule is Clc1cnc2[nH]c3ccc(C=Cc4ccccc4)cc3c2c1. The molecule has 0 unspecified atom stereocenters. The first-order valence-corrected chi connectivity index (χ1v) is 7.47. The third-order valence-electron chi connectivity index (χ3n) is 3.71. The second-order valence-electron chi connectivity index (χ2n) is 5.22. The van der Waals surface area contributed by atoms with Crippen LogP contribution in [0.15, 0.2) is 60.8 Å². The van der Waals surface area contributed by atoms with Gasteiger partial charge in [0.1, 0.15) is 5.65 Å². The van der Waals surface area contributed by atoms with Crippen molar-refractivity contribution in [1.29, 1.82) is 0 Å². The van der Waals surface area contributed by atoms with Gasteiger partial charge in [-0.15, -0.1) is 0 Å². The number of hydrogen-bond donors (Lipinski definition) is 1. The van der Waals surface area contributed by atoms with Crippen molar-refractivity contribution in [3.8, 4) is 0 Å². The van der Waals surface area contributed by atoms with Gasteiger partial charge in [0.15, 0.2) is 0 Å². The fraction of sp³-hybridized carbons (Fsp3) is 0. The lowest BCUT2D eigenvalue weighted by Crippen LogP contribution is -1.74. The van der Waals surface area contributed by atoms with Gasteiger partial charge in [-0.05, 0) is 29.3 Å². The van der Waals surface area contributed by atoms with Crippen molar-refractivity contribution in [3.05, 3.63) is 76.9 Å². The summed E-state index contributed by atoms with van der Waals surface area (Å²) in [7, 11) is 0. The smallest absolute Gasteiger partial charge is 0.138 e. The van der Waals surface area contributed by atoms with Crippen molar-refractivity contribution < 1.29 is 0 Å². The van der Waals surface area contributed by atoms with Gasteiger partial charge in [-0.25, -0.2) is 4.98 Å². The highest BCUT2D eigenvalue weighted by Gasteiger charge is 2.06. The lowest BCUT2D eigenvalue weighted by molar-refractivity contribution is 1.35. The molecule has 0 radical (unpaired) electrons. The van der Waals surface area contributed by atoms with Crippen LogP contribution in [0.1, 0.15) is 11.1 Å². The number of aromatic nitrogens is 2. The summed E-state index contributed by atoms with van der Waals surface area (Å²) in [6.07, 6.45) is 5.89. The molecule has 4 rings (SSSR count). The quantitative estimate of drug-likeness (QED) is 0.484. The van der Waals surface area contributed by atoms with Gasteiger partial charge < -0.3 is 4.98 Å². The normalized spacial score (nSPS) is 11.7. The predicted octanol–water partition coefficient (Wildman–Crippen LogP) is 5.54. The molecular formula is C19H13ClN2. The second-order valence-corrected chi connectivity index (χ2v) is 5.66. The van der Waals surface area contributed by atoms with Crippen LogP contribution in [0.25, 0.3) is 34.1 Å². The van der Waals surface area contributed by atoms with E-state index in [2.05, 4.69) is 52.5 Å². The highest BCUT2D eigenvalue weighted by atomic mass is 35.5. The summed E-state index contributed by atoms with van der Waals surface area (Å²) in [5.74, 6) is 0. The Kier molecular flexibility index (Phi) is 3.17. The second kappa shape index (κ2) is 5.32. The van der Waals surface area contributed by atoms with E-state index in [4.69, 9.17) is 11.6 Å². The monoisotopic (exact) mass is 304 g/mol. The van der Waals surface area contributed by atoms with Gasteiger partial charge in [-0.1, -0.05) is 60.2 Å². The number of aromatic amines is 1. The number of rotatable bonds is 2. The van der Waals surface area contributed by atoms with Crippen molar-refractivity contribution in [2.45, 2.75) is 0 Å². The summed E-state index contributed by atoms with van der Waals surface area (Å²) in [4.78, 5) is 7.65. The van der Waals surface area contributed by atoms with Gasteiger partial charge in [0, 0.05) is 22.5 Å². The van der Waals surface area contributed by atoms with Crippen LogP contribution < -0.4 is 0 Å². The lowest BCUT2D eigenvalue weighted by atomic mass is 10.1. The van der Waals surface area contributed by atoms with Crippen molar-refractivity contribution in [3.63, 3.8) is 0 Å². The number of pyridine rings is 1. The largest absolute Gasteiger partial charge is 0.339 e. The first-order chi connectivity index (χ1) is 10.8. The fourth-order valence-electron chi connectivity index (χ4n) is 2.63. The molecule has 106 valence electrons. The van der Waals surface area contributed by atoms with Gasteiger partial charge in [-0.2, -0.15) is 0 Å². The zero-order valence-corrected chi connectivity index (χ0v) is 12.5. The molecule has 0 aliphatic heterocycles. The van der Waals surface area contributed by atoms with E-state index in [0.717, 1.165) is 27.5 Å². The Morgan fingerprint density at radius 1 is 0.864 bits per heavy atom. The number of nitrogens with zero attached hydrogens (tertiary/aromatic N) is 1. The molecule has 2 aromatic carbocycles. The Morgan fingerprint density at radius 2 is 1.68 bits per heavy atom. The summed E-state index contributed by atoms with van der Waals surface area (Å²) < 4.78 is 0. The average Bonchev–Trinajstić information content (AvgIpc) is 2.91. The molecule has 0 spiro atoms. The predicted molar refractivity (Wildman–Crippen MR) is 94.0 cm³/mol. The third kappa shape index (κ3) is 2.38. The van der Waals surface area contributed by atoms with Crippen LogP contribution in [-0.4, -0.2) is 9.97 Å². The maximum atomic E-state index is 6.07. The van der Waals surface area contributed by atoms with Crippen LogP contribution in [-0.2, 0) is 0 Å². The molecule has 0 fully saturated rings. The number of nitrogens with one attached hydrogen (secondary N) is 1. The summed E-state index contributed by atoms with van der Waals surface area (Å²) in [5.41, 5.74) is 4.27. The highest BCUT2D eigenvalue weighted by molar-refractivity contribution is 6.31. The zero-order chi connectivity index (χ0) is 14.9. The maximum absolute atomic E-state index is 6.07. The zero-order valence-electron chi connectivity index (χ0n) is 11.8. The topological polar surface area (TPSA) is 28.7 Å². The van der Waals surface area contributed by atoms with Gasteiger partial charge in [0.05, 0.1) is 5.02 Å². The molecule has 22 heavy (non-hydrogen) atoms. The van der Waals surface area contributed by atoms with Crippen molar-refractivity contribution >= 4 is 45.7 Å². The van der Waals surface area contributed by atoms with E-state index >= 15 is 0 Å². The van der Waals surface area contributed by atoms with E-state index in [-0.39, 0.29) is 0 Å². The molecule has 0 saturated carbocycles. The number of benzene rings is 2. The van der Waals surface area contributed by atoms with E-state index in [1.165, 1.54) is 5.56 Å². The average molecular weight is 305 g/mol. The number of halogens is 1. The molecule has 0 aliphatic rings. The van der Waals surface area contributed by atoms with E-state index in [9.17, 15) is 0 Å². The molecule has 0 saturated heterocycles. The molecule has 0 aliphatic carbocycles. The summed E-state index contributed by atoms with van der Waals surface area (Å²) in [5, 5.41) is 2.84. The number of H-pyrrole nitrogens is 1. The minimum absolute atomic E-state index is 0.652. The van der Waals surface area contributed by atoms with Crippen LogP contribution in [0.5, 0.6) is 0 Å². The number of fused-ring (bicyclic) bond motifs is 3. The minimum Gasteiger partial charge on any atom is -0.339 e. The van der Waals surface area contributed by atoms with Gasteiger partial charge in [0.2, 0.25) is 0 Å². The molecule has 4 aromatic rings. The van der Waals surface area contributed by atoms with Crippen LogP contribution >= 0.6 is 11.6 Å². The van der Waals surface area contributed by atoms with E-state index < -0.39 is 0 Å². The number of hydrogen-bond acceptors (Lipinski definition) is 1. The van der Waals surface area contributed by atoms with Crippen LogP contribution in [0.3, 0.4) is 0 Å². The molecule has 0 atom stereocenters. The fourth-order valence-corrected chi connectivity index (χ4v) is 2.78. The van der Waals surface area contributed by atoms with Crippen molar-refractivity contribution in [2.24, 2.45) is 0 Å². The van der Waals surface area contributed by atoms with E-state index in [0.29, 0.717) is 5.02 Å². The molecular weight excluding hydrogens is 292 g/mol. The Morgan fingerprint density at radius 3 is 2.55 bits per heavy atom.